The van der Waals surface area contributed by atoms with E-state index in [1.165, 1.54) is 0 Å². The molecule has 0 radical (unpaired) electrons. The number of hydrogen-bond acceptors (Lipinski definition) is 4. The second kappa shape index (κ2) is 6.36. The molecule has 2 N–H and O–H groups in total. The van der Waals surface area contributed by atoms with Crippen LogP contribution in [-0.4, -0.2) is 27.7 Å². The van der Waals surface area contributed by atoms with E-state index in [0.29, 0.717) is 22.7 Å². The van der Waals surface area contributed by atoms with E-state index in [2.05, 4.69) is 15.7 Å². The van der Waals surface area contributed by atoms with Gasteiger partial charge in [0.15, 0.2) is 6.10 Å². The summed E-state index contributed by atoms with van der Waals surface area (Å²) in [4.78, 5) is 24.2. The van der Waals surface area contributed by atoms with E-state index in [-0.39, 0.29) is 11.8 Å². The monoisotopic (exact) mass is 348 g/mol. The molecule has 7 nitrogen and oxygen atoms in total. The highest BCUT2D eigenvalue weighted by Crippen LogP contribution is 2.32. The Labute approximate surface area is 149 Å². The molecule has 1 aliphatic rings. The second-order valence-electron chi connectivity index (χ2n) is 5.91. The molecule has 2 aromatic carbocycles. The fourth-order valence-electron chi connectivity index (χ4n) is 2.68. The molecule has 0 spiro atoms. The number of nitrogens with zero attached hydrogens (tertiary/aromatic N) is 2. The summed E-state index contributed by atoms with van der Waals surface area (Å²) in [7, 11) is 0. The van der Waals surface area contributed by atoms with E-state index in [0.717, 1.165) is 5.69 Å². The van der Waals surface area contributed by atoms with Gasteiger partial charge in [0.05, 0.1) is 11.4 Å². The maximum atomic E-state index is 12.4. The fourth-order valence-corrected chi connectivity index (χ4v) is 2.68. The number of ether oxygens (including phenoxy) is 1. The van der Waals surface area contributed by atoms with Crippen LogP contribution < -0.4 is 15.4 Å². The molecule has 0 fully saturated rings. The quantitative estimate of drug-likeness (QED) is 0.762. The van der Waals surface area contributed by atoms with Gasteiger partial charge in [-0.25, -0.2) is 4.68 Å². The molecule has 1 unspecified atom stereocenters. The first-order valence-corrected chi connectivity index (χ1v) is 8.13. The lowest BCUT2D eigenvalue weighted by Crippen LogP contribution is -2.34. The Bertz CT molecular complexity index is 965. The molecule has 4 rings (SSSR count). The first-order chi connectivity index (χ1) is 12.6. The van der Waals surface area contributed by atoms with Gasteiger partial charge in [0, 0.05) is 23.6 Å². The number of aromatic nitrogens is 2. The van der Waals surface area contributed by atoms with Gasteiger partial charge in [-0.3, -0.25) is 9.59 Å². The van der Waals surface area contributed by atoms with Gasteiger partial charge in [-0.05, 0) is 55.5 Å². The van der Waals surface area contributed by atoms with E-state index in [9.17, 15) is 9.59 Å². The topological polar surface area (TPSA) is 85.2 Å². The maximum absolute atomic E-state index is 12.4. The fraction of sp³-hybridized carbons (Fsp3) is 0.105. The lowest BCUT2D eigenvalue weighted by atomic mass is 10.1. The highest BCUT2D eigenvalue weighted by Gasteiger charge is 2.23. The van der Waals surface area contributed by atoms with Gasteiger partial charge >= 0.3 is 0 Å². The molecule has 1 aromatic heterocycles. The van der Waals surface area contributed by atoms with Crippen LogP contribution in [0.25, 0.3) is 5.69 Å². The Morgan fingerprint density at radius 1 is 1.23 bits per heavy atom. The summed E-state index contributed by atoms with van der Waals surface area (Å²) in [6.45, 7) is 1.68. The summed E-state index contributed by atoms with van der Waals surface area (Å²) in [6.07, 6.45) is 3.00. The van der Waals surface area contributed by atoms with Crippen molar-refractivity contribution in [3.05, 3.63) is 66.5 Å². The summed E-state index contributed by atoms with van der Waals surface area (Å²) in [5.74, 6) is 0.127. The predicted molar refractivity (Wildman–Crippen MR) is 96.7 cm³/mol. The minimum Gasteiger partial charge on any atom is -0.479 e. The van der Waals surface area contributed by atoms with Gasteiger partial charge in [0.25, 0.3) is 11.8 Å². The Kier molecular flexibility index (Phi) is 3.89. The maximum Gasteiger partial charge on any atom is 0.265 e. The van der Waals surface area contributed by atoms with Crippen LogP contribution >= 0.6 is 0 Å². The third kappa shape index (κ3) is 3.02. The summed E-state index contributed by atoms with van der Waals surface area (Å²) in [5.41, 5.74) is 2.50. The highest BCUT2D eigenvalue weighted by atomic mass is 16.5. The van der Waals surface area contributed by atoms with Gasteiger partial charge in [0.1, 0.15) is 5.75 Å². The molecule has 0 saturated carbocycles. The van der Waals surface area contributed by atoms with Crippen LogP contribution in [0.1, 0.15) is 17.3 Å². The number of fused-ring (bicyclic) bond motifs is 1. The molecule has 2 heterocycles. The third-order valence-corrected chi connectivity index (χ3v) is 4.07. The van der Waals surface area contributed by atoms with E-state index >= 15 is 0 Å². The minimum atomic E-state index is -0.531. The Balaban J connectivity index is 1.50. The molecule has 0 aliphatic carbocycles. The molecular formula is C19H16N4O3. The zero-order chi connectivity index (χ0) is 18.1. The summed E-state index contributed by atoms with van der Waals surface area (Å²) >= 11 is 0. The molecule has 7 heteroatoms. The van der Waals surface area contributed by atoms with Crippen LogP contribution in [-0.2, 0) is 4.79 Å². The van der Waals surface area contributed by atoms with E-state index < -0.39 is 6.10 Å². The molecule has 0 bridgehead atoms. The van der Waals surface area contributed by atoms with Crippen LogP contribution in [0.4, 0.5) is 11.4 Å². The van der Waals surface area contributed by atoms with Crippen molar-refractivity contribution in [1.29, 1.82) is 0 Å². The normalized spacial score (nSPS) is 15.6. The Morgan fingerprint density at radius 2 is 2.04 bits per heavy atom. The van der Waals surface area contributed by atoms with E-state index in [1.807, 2.05) is 24.4 Å². The molecule has 1 atom stereocenters. The van der Waals surface area contributed by atoms with E-state index in [1.54, 1.807) is 48.1 Å². The number of anilines is 2. The minimum absolute atomic E-state index is 0.213. The molecule has 2 amide bonds. The Morgan fingerprint density at radius 3 is 2.77 bits per heavy atom. The van der Waals surface area contributed by atoms with Gasteiger partial charge in [-0.2, -0.15) is 5.10 Å². The molecular weight excluding hydrogens is 332 g/mol. The van der Waals surface area contributed by atoms with Crippen LogP contribution in [0, 0.1) is 0 Å². The summed E-state index contributed by atoms with van der Waals surface area (Å²) in [6, 6.07) is 14.1. The van der Waals surface area contributed by atoms with Crippen molar-refractivity contribution in [3.63, 3.8) is 0 Å². The smallest absolute Gasteiger partial charge is 0.265 e. The van der Waals surface area contributed by atoms with Crippen molar-refractivity contribution in [1.82, 2.24) is 9.78 Å². The number of hydrogen-bond donors (Lipinski definition) is 2. The highest BCUT2D eigenvalue weighted by molar-refractivity contribution is 6.05. The van der Waals surface area contributed by atoms with E-state index in [4.69, 9.17) is 4.74 Å². The number of rotatable bonds is 3. The Hall–Kier alpha value is -3.61. The number of carbonyl (C=O) groups excluding carboxylic acids is 2. The van der Waals surface area contributed by atoms with Crippen molar-refractivity contribution in [2.45, 2.75) is 13.0 Å². The lowest BCUT2D eigenvalue weighted by Gasteiger charge is -2.23. The average Bonchev–Trinajstić information content (AvgIpc) is 3.18. The summed E-state index contributed by atoms with van der Waals surface area (Å²) < 4.78 is 7.22. The number of benzene rings is 2. The molecule has 1 aliphatic heterocycles. The summed E-state index contributed by atoms with van der Waals surface area (Å²) in [5, 5.41) is 9.73. The second-order valence-corrected chi connectivity index (χ2v) is 5.91. The van der Waals surface area contributed by atoms with Gasteiger partial charge < -0.3 is 15.4 Å². The van der Waals surface area contributed by atoms with Crippen molar-refractivity contribution >= 4 is 23.2 Å². The third-order valence-electron chi connectivity index (χ3n) is 4.07. The number of nitrogens with one attached hydrogen (secondary N) is 2. The molecule has 3 aromatic rings. The van der Waals surface area contributed by atoms with Gasteiger partial charge in [-0.1, -0.05) is 0 Å². The van der Waals surface area contributed by atoms with Crippen molar-refractivity contribution < 1.29 is 14.3 Å². The standard InChI is InChI=1S/C19H16N4O3/c1-12-18(24)22-16-11-14(5-8-17(16)26-12)21-19(25)13-3-6-15(7-4-13)23-10-2-9-20-23/h2-12H,1H3,(H,21,25)(H,22,24). The molecule has 130 valence electrons. The van der Waals surface area contributed by atoms with Crippen LogP contribution in [0.2, 0.25) is 0 Å². The van der Waals surface area contributed by atoms with Crippen molar-refractivity contribution in [2.75, 3.05) is 10.6 Å². The van der Waals surface area contributed by atoms with Crippen LogP contribution in [0.15, 0.2) is 60.9 Å². The molecule has 26 heavy (non-hydrogen) atoms. The lowest BCUT2D eigenvalue weighted by molar-refractivity contribution is -0.122. The van der Waals surface area contributed by atoms with Crippen molar-refractivity contribution in [3.8, 4) is 11.4 Å². The average molecular weight is 348 g/mol. The zero-order valence-electron chi connectivity index (χ0n) is 14.0. The zero-order valence-corrected chi connectivity index (χ0v) is 14.0. The van der Waals surface area contributed by atoms with Gasteiger partial charge in [-0.15, -0.1) is 0 Å². The van der Waals surface area contributed by atoms with Crippen molar-refractivity contribution in [2.24, 2.45) is 0 Å². The SMILES string of the molecule is CC1Oc2ccc(NC(=O)c3ccc(-n4cccn4)cc3)cc2NC1=O. The van der Waals surface area contributed by atoms with Crippen LogP contribution in [0.5, 0.6) is 5.75 Å². The van der Waals surface area contributed by atoms with Crippen LogP contribution in [0.3, 0.4) is 0 Å². The number of carbonyl (C=O) groups is 2. The largest absolute Gasteiger partial charge is 0.479 e. The first kappa shape index (κ1) is 15.9. The number of amides is 2. The first-order valence-electron chi connectivity index (χ1n) is 8.13. The molecule has 0 saturated heterocycles. The van der Waals surface area contributed by atoms with Gasteiger partial charge in [0.2, 0.25) is 0 Å². The predicted octanol–water partition coefficient (Wildman–Crippen LogP) is 2.84.